The summed E-state index contributed by atoms with van der Waals surface area (Å²) >= 11 is 0. The maximum absolute atomic E-state index is 13.2. The lowest BCUT2D eigenvalue weighted by Gasteiger charge is -2.21. The monoisotopic (exact) mass is 496 g/mol. The van der Waals surface area contributed by atoms with Gasteiger partial charge in [0.2, 0.25) is 5.91 Å². The highest BCUT2D eigenvalue weighted by Gasteiger charge is 2.43. The third-order valence-corrected chi connectivity index (χ3v) is 7.88. The van der Waals surface area contributed by atoms with Crippen LogP contribution in [0, 0.1) is 17.2 Å². The van der Waals surface area contributed by atoms with Crippen LogP contribution in [-0.4, -0.2) is 60.6 Å². The van der Waals surface area contributed by atoms with Crippen LogP contribution in [0.4, 0.5) is 10.2 Å². The van der Waals surface area contributed by atoms with Crippen molar-refractivity contribution in [2.45, 2.75) is 38.3 Å². The average Bonchev–Trinajstić information content (AvgIpc) is 3.31. The highest BCUT2D eigenvalue weighted by atomic mass is 32.2. The Balaban J connectivity index is 2.02. The van der Waals surface area contributed by atoms with E-state index in [1.807, 2.05) is 0 Å². The van der Waals surface area contributed by atoms with Crippen molar-refractivity contribution in [2.75, 3.05) is 25.6 Å². The van der Waals surface area contributed by atoms with Crippen molar-refractivity contribution in [3.8, 4) is 5.75 Å². The van der Waals surface area contributed by atoms with Gasteiger partial charge < -0.3 is 20.5 Å². The van der Waals surface area contributed by atoms with Gasteiger partial charge in [-0.05, 0) is 37.5 Å². The van der Waals surface area contributed by atoms with Crippen LogP contribution in [0.15, 0.2) is 24.3 Å². The molecule has 1 aliphatic rings. The summed E-state index contributed by atoms with van der Waals surface area (Å²) in [5, 5.41) is 18.2. The molecule has 34 heavy (non-hydrogen) atoms. The molecule has 3 N–H and O–H groups in total. The maximum atomic E-state index is 13.2. The molecule has 10 nitrogen and oxygen atoms in total. The summed E-state index contributed by atoms with van der Waals surface area (Å²) in [4.78, 5) is 25.3. The molecule has 1 aromatic carbocycles. The second-order valence-electron chi connectivity index (χ2n) is 9.02. The van der Waals surface area contributed by atoms with Crippen LogP contribution in [0.1, 0.15) is 36.8 Å². The van der Waals surface area contributed by atoms with E-state index in [1.54, 1.807) is 19.1 Å². The molecule has 2 aromatic rings. The third-order valence-electron chi connectivity index (χ3n) is 5.75. The number of methoxy groups -OCH3 is 1. The Hall–Kier alpha value is -2.99. The first-order chi connectivity index (χ1) is 15.9. The average molecular weight is 497 g/mol. The Morgan fingerprint density at radius 3 is 2.53 bits per heavy atom. The summed E-state index contributed by atoms with van der Waals surface area (Å²) in [6.07, 6.45) is 0. The summed E-state index contributed by atoms with van der Waals surface area (Å²) in [6, 6.07) is 5.69. The van der Waals surface area contributed by atoms with Crippen LogP contribution in [-0.2, 0) is 26.9 Å². The van der Waals surface area contributed by atoms with Crippen molar-refractivity contribution >= 4 is 27.5 Å². The van der Waals surface area contributed by atoms with Gasteiger partial charge in [0.15, 0.2) is 21.4 Å². The summed E-state index contributed by atoms with van der Waals surface area (Å²) in [7, 11) is -2.67. The fourth-order valence-corrected chi connectivity index (χ4v) is 5.69. The number of carbonyl (C=O) groups is 2. The van der Waals surface area contributed by atoms with Gasteiger partial charge in [0.1, 0.15) is 16.8 Å². The Morgan fingerprint density at radius 2 is 2.00 bits per heavy atom. The van der Waals surface area contributed by atoms with Crippen LogP contribution in [0.5, 0.6) is 5.75 Å². The second-order valence-corrected chi connectivity index (χ2v) is 11.1. The number of rotatable bonds is 9. The molecule has 1 aliphatic heterocycles. The van der Waals surface area contributed by atoms with E-state index in [-0.39, 0.29) is 30.4 Å². The van der Waals surface area contributed by atoms with E-state index in [0.29, 0.717) is 5.56 Å². The van der Waals surface area contributed by atoms with Gasteiger partial charge >= 0.3 is 0 Å². The van der Waals surface area contributed by atoms with Crippen LogP contribution >= 0.6 is 0 Å². The zero-order valence-electron chi connectivity index (χ0n) is 19.5. The second kappa shape index (κ2) is 9.71. The molecule has 186 valence electrons. The lowest BCUT2D eigenvalue weighted by atomic mass is 9.94. The van der Waals surface area contributed by atoms with Crippen LogP contribution in [0.2, 0.25) is 0 Å². The summed E-state index contributed by atoms with van der Waals surface area (Å²) in [6.45, 7) is 4.64. The molecular weight excluding hydrogens is 467 g/mol. The number of benzene rings is 1. The number of carbonyl (C=O) groups excluding carboxylic acids is 2. The quantitative estimate of drug-likeness (QED) is 0.473. The first-order valence-corrected chi connectivity index (χ1v) is 12.4. The number of anilines is 1. The van der Waals surface area contributed by atoms with Gasteiger partial charge in [-0.25, -0.2) is 12.8 Å². The zero-order chi connectivity index (χ0) is 25.3. The van der Waals surface area contributed by atoms with E-state index in [1.165, 1.54) is 33.1 Å². The molecule has 2 unspecified atom stereocenters. The molecule has 1 saturated heterocycles. The zero-order valence-corrected chi connectivity index (χ0v) is 20.3. The number of aliphatic hydroxyl groups is 1. The summed E-state index contributed by atoms with van der Waals surface area (Å²) < 4.78 is 45.9. The van der Waals surface area contributed by atoms with Crippen molar-refractivity contribution in [3.05, 3.63) is 41.3 Å². The van der Waals surface area contributed by atoms with Gasteiger partial charge in [0, 0.05) is 13.1 Å². The maximum Gasteiger partial charge on any atom is 0.256 e. The number of halogens is 1. The number of hydrogen-bond donors (Lipinski definition) is 3. The number of ether oxygens (including phenoxy) is 1. The number of amides is 1. The van der Waals surface area contributed by atoms with E-state index in [9.17, 15) is 27.5 Å². The lowest BCUT2D eigenvalue weighted by molar-refractivity contribution is -0.118. The minimum Gasteiger partial charge on any atom is -0.491 e. The van der Waals surface area contributed by atoms with Gasteiger partial charge in [0.05, 0.1) is 24.9 Å². The topological polar surface area (TPSA) is 140 Å². The summed E-state index contributed by atoms with van der Waals surface area (Å²) in [5.41, 5.74) is -0.576. The van der Waals surface area contributed by atoms with Crippen LogP contribution in [0.25, 0.3) is 0 Å². The minimum absolute atomic E-state index is 0.0267. The molecule has 2 heterocycles. The molecule has 0 saturated carbocycles. The molecule has 3 rings (SSSR count). The molecule has 0 aliphatic carbocycles. The molecule has 0 bridgehead atoms. The predicted octanol–water partition coefficient (Wildman–Crippen LogP) is 1.35. The fraction of sp³-hybridized carbons (Fsp3) is 0.500. The Bertz CT molecular complexity index is 1180. The largest absolute Gasteiger partial charge is 0.491 e. The number of aromatic nitrogens is 2. The number of nitrogens with one attached hydrogen (secondary N) is 2. The minimum atomic E-state index is -3.98. The number of sulfone groups is 1. The molecule has 12 heteroatoms. The van der Waals surface area contributed by atoms with Gasteiger partial charge in [-0.3, -0.25) is 9.59 Å². The van der Waals surface area contributed by atoms with E-state index < -0.39 is 56.4 Å². The highest BCUT2D eigenvalue weighted by molar-refractivity contribution is 7.92. The lowest BCUT2D eigenvalue weighted by Crippen LogP contribution is -2.35. The van der Waals surface area contributed by atoms with Crippen molar-refractivity contribution in [1.29, 1.82) is 0 Å². The van der Waals surface area contributed by atoms with Crippen molar-refractivity contribution in [2.24, 2.45) is 11.3 Å². The Labute approximate surface area is 197 Å². The molecule has 1 fully saturated rings. The summed E-state index contributed by atoms with van der Waals surface area (Å²) in [5.74, 6) is -2.49. The van der Waals surface area contributed by atoms with Crippen LogP contribution < -0.4 is 15.4 Å². The first kappa shape index (κ1) is 25.6. The van der Waals surface area contributed by atoms with Gasteiger partial charge in [-0.15, -0.1) is 0 Å². The fourth-order valence-electron chi connectivity index (χ4n) is 3.73. The van der Waals surface area contributed by atoms with E-state index in [2.05, 4.69) is 15.7 Å². The van der Waals surface area contributed by atoms with Gasteiger partial charge in [0.25, 0.3) is 5.91 Å². The predicted molar refractivity (Wildman–Crippen MR) is 123 cm³/mol. The van der Waals surface area contributed by atoms with Crippen molar-refractivity contribution in [1.82, 2.24) is 15.1 Å². The van der Waals surface area contributed by atoms with E-state index >= 15 is 0 Å². The molecule has 0 spiro atoms. The molecule has 2 atom stereocenters. The first-order valence-electron chi connectivity index (χ1n) is 10.7. The Kier molecular flexibility index (Phi) is 7.32. The third kappa shape index (κ3) is 5.07. The molecular formula is C22H29FN4O6S. The molecule has 1 aromatic heterocycles. The van der Waals surface area contributed by atoms with E-state index in [0.717, 1.165) is 4.68 Å². The molecule has 0 radical (unpaired) electrons. The van der Waals surface area contributed by atoms with Gasteiger partial charge in [-0.1, -0.05) is 19.1 Å². The molecule has 1 amide bonds. The normalized spacial score (nSPS) is 18.6. The SMILES string of the molecule is COc1c(CS(=O)(=O)C2C(=O)NCC2C)nn(C(=O)C(C)(C)CO)c1NCc1ccc(F)cc1. The van der Waals surface area contributed by atoms with E-state index in [4.69, 9.17) is 4.74 Å². The number of hydrogen-bond acceptors (Lipinski definition) is 8. The van der Waals surface area contributed by atoms with Crippen molar-refractivity contribution in [3.63, 3.8) is 0 Å². The standard InChI is InChI=1S/C22H29FN4O6S/c1-13-9-25-20(29)18(13)34(31,32)11-16-17(33-4)19(24-10-14-5-7-15(23)8-6-14)27(26-16)21(30)22(2,3)12-28/h5-8,13,18,24,28H,9-12H2,1-4H3,(H,25,29). The van der Waals surface area contributed by atoms with Gasteiger partial charge in [-0.2, -0.15) is 9.78 Å². The highest BCUT2D eigenvalue weighted by Crippen LogP contribution is 2.34. The smallest absolute Gasteiger partial charge is 0.256 e. The Morgan fingerprint density at radius 1 is 1.35 bits per heavy atom. The number of nitrogens with zero attached hydrogens (tertiary/aromatic N) is 2. The van der Waals surface area contributed by atoms with Crippen LogP contribution in [0.3, 0.4) is 0 Å². The number of aliphatic hydroxyl groups excluding tert-OH is 1. The van der Waals surface area contributed by atoms with Crippen molar-refractivity contribution < 1.29 is 32.2 Å².